The molecule has 0 spiro atoms. The highest BCUT2D eigenvalue weighted by Gasteiger charge is 2.29. The van der Waals surface area contributed by atoms with Crippen LogP contribution >= 0.6 is 63.4 Å². The fourth-order valence-corrected chi connectivity index (χ4v) is 4.80. The van der Waals surface area contributed by atoms with Crippen LogP contribution in [-0.4, -0.2) is 28.5 Å². The van der Waals surface area contributed by atoms with Gasteiger partial charge in [0.1, 0.15) is 11.6 Å². The van der Waals surface area contributed by atoms with Crippen molar-refractivity contribution in [2.45, 2.75) is 63.7 Å². The second kappa shape index (κ2) is 15.5. The lowest BCUT2D eigenvalue weighted by Crippen LogP contribution is -2.35. The molecule has 3 nitrogen and oxygen atoms in total. The summed E-state index contributed by atoms with van der Waals surface area (Å²) in [5.41, 5.74) is 1.45. The Morgan fingerprint density at radius 1 is 0.882 bits per heavy atom. The molecule has 3 rings (SSSR count). The third-order valence-electron chi connectivity index (χ3n) is 5.81. The van der Waals surface area contributed by atoms with E-state index in [9.17, 15) is 0 Å². The van der Waals surface area contributed by atoms with Gasteiger partial charge in [-0.25, -0.2) is 0 Å². The molecule has 2 aromatic carbocycles. The minimum absolute atomic E-state index is 0. The molecule has 0 aromatic heterocycles. The minimum atomic E-state index is -0.386. The van der Waals surface area contributed by atoms with E-state index in [4.69, 9.17) is 51.1 Å². The highest BCUT2D eigenvalue weighted by Crippen LogP contribution is 2.33. The van der Waals surface area contributed by atoms with Crippen molar-refractivity contribution in [1.29, 1.82) is 0 Å². The van der Waals surface area contributed by atoms with Gasteiger partial charge in [0.15, 0.2) is 0 Å². The maximum Gasteiger partial charge on any atom is 0.135 e. The first-order chi connectivity index (χ1) is 16.0. The zero-order chi connectivity index (χ0) is 23.6. The van der Waals surface area contributed by atoms with E-state index in [0.717, 1.165) is 24.3 Å². The molecule has 1 aliphatic heterocycles. The standard InChI is InChI=1S/C26H32Cl4N2O.BrH/c1-2-3-4-5-6-7-14-31-15-16-32(19-31)26(30)25(20-8-11-22(27)12-9-20)33-18-21-10-13-23(28)17-24(21)29;/h8-13,15-17,25-26H,2-7,14,18-19H2,1H3;1H. The number of hydrogen-bond donors (Lipinski definition) is 0. The summed E-state index contributed by atoms with van der Waals surface area (Å²) in [6, 6.07) is 13.0. The van der Waals surface area contributed by atoms with Crippen molar-refractivity contribution in [2.24, 2.45) is 0 Å². The molecule has 2 atom stereocenters. The van der Waals surface area contributed by atoms with Gasteiger partial charge in [-0.1, -0.05) is 104 Å². The Bertz CT molecular complexity index is 897. The minimum Gasteiger partial charge on any atom is -0.365 e. The van der Waals surface area contributed by atoms with Crippen molar-refractivity contribution >= 4 is 63.4 Å². The summed E-state index contributed by atoms with van der Waals surface area (Å²) in [6.45, 7) is 4.36. The van der Waals surface area contributed by atoms with Gasteiger partial charge < -0.3 is 14.5 Å². The maximum absolute atomic E-state index is 6.98. The van der Waals surface area contributed by atoms with Gasteiger partial charge in [-0.2, -0.15) is 0 Å². The Morgan fingerprint density at radius 3 is 2.26 bits per heavy atom. The first-order valence-electron chi connectivity index (χ1n) is 11.6. The number of nitrogens with zero attached hydrogens (tertiary/aromatic N) is 2. The summed E-state index contributed by atoms with van der Waals surface area (Å²) in [5, 5.41) is 1.85. The molecule has 0 N–H and O–H groups in total. The van der Waals surface area contributed by atoms with Gasteiger partial charge in [0.05, 0.1) is 13.3 Å². The fraction of sp³-hybridized carbons (Fsp3) is 0.462. The van der Waals surface area contributed by atoms with Crippen molar-refractivity contribution in [3.05, 3.63) is 81.1 Å². The molecule has 1 aliphatic rings. The van der Waals surface area contributed by atoms with E-state index in [1.54, 1.807) is 6.07 Å². The second-order valence-corrected chi connectivity index (χ2v) is 10.2. The van der Waals surface area contributed by atoms with Crippen molar-refractivity contribution < 1.29 is 4.74 Å². The molecule has 0 saturated carbocycles. The molecule has 8 heteroatoms. The molecule has 34 heavy (non-hydrogen) atoms. The molecule has 0 bridgehead atoms. The largest absolute Gasteiger partial charge is 0.365 e. The van der Waals surface area contributed by atoms with E-state index < -0.39 is 0 Å². The Labute approximate surface area is 234 Å². The van der Waals surface area contributed by atoms with Gasteiger partial charge >= 0.3 is 0 Å². The number of hydrogen-bond acceptors (Lipinski definition) is 3. The zero-order valence-corrected chi connectivity index (χ0v) is 24.2. The first-order valence-corrected chi connectivity index (χ1v) is 13.2. The average Bonchev–Trinajstić information content (AvgIpc) is 3.27. The third kappa shape index (κ3) is 9.11. The molecule has 0 amide bonds. The number of rotatable bonds is 13. The number of alkyl halides is 1. The molecule has 0 aliphatic carbocycles. The van der Waals surface area contributed by atoms with Crippen LogP contribution in [0.4, 0.5) is 0 Å². The van der Waals surface area contributed by atoms with E-state index in [0.29, 0.717) is 21.7 Å². The maximum atomic E-state index is 6.98. The van der Waals surface area contributed by atoms with Crippen LogP contribution in [0.25, 0.3) is 0 Å². The van der Waals surface area contributed by atoms with E-state index in [1.807, 2.05) is 36.4 Å². The van der Waals surface area contributed by atoms with E-state index in [-0.39, 0.29) is 28.6 Å². The van der Waals surface area contributed by atoms with Crippen LogP contribution in [0.15, 0.2) is 54.9 Å². The summed E-state index contributed by atoms with van der Waals surface area (Å²) in [7, 11) is 0. The van der Waals surface area contributed by atoms with Crippen LogP contribution in [0.5, 0.6) is 0 Å². The van der Waals surface area contributed by atoms with Gasteiger partial charge in [-0.05, 0) is 41.8 Å². The van der Waals surface area contributed by atoms with Gasteiger partial charge in [0.25, 0.3) is 0 Å². The normalized spacial score (nSPS) is 14.9. The van der Waals surface area contributed by atoms with Crippen molar-refractivity contribution in [1.82, 2.24) is 9.80 Å². The van der Waals surface area contributed by atoms with Crippen LogP contribution in [0.2, 0.25) is 15.1 Å². The predicted octanol–water partition coefficient (Wildman–Crippen LogP) is 9.45. The quantitative estimate of drug-likeness (QED) is 0.128. The summed E-state index contributed by atoms with van der Waals surface area (Å²) >= 11 is 25.5. The lowest BCUT2D eigenvalue weighted by molar-refractivity contribution is 0.00680. The van der Waals surface area contributed by atoms with Crippen molar-refractivity contribution in [3.8, 4) is 0 Å². The van der Waals surface area contributed by atoms with Crippen LogP contribution < -0.4 is 0 Å². The van der Waals surface area contributed by atoms with Crippen LogP contribution in [0.1, 0.15) is 62.7 Å². The average molecular weight is 611 g/mol. The number of ether oxygens (including phenoxy) is 1. The lowest BCUT2D eigenvalue weighted by atomic mass is 10.1. The molecule has 0 fully saturated rings. The van der Waals surface area contributed by atoms with Crippen molar-refractivity contribution in [2.75, 3.05) is 13.2 Å². The summed E-state index contributed by atoms with van der Waals surface area (Å²) < 4.78 is 6.32. The third-order valence-corrected chi connectivity index (χ3v) is 7.13. The monoisotopic (exact) mass is 608 g/mol. The number of halogens is 5. The van der Waals surface area contributed by atoms with Crippen LogP contribution in [0, 0.1) is 0 Å². The summed E-state index contributed by atoms with van der Waals surface area (Å²) in [6.07, 6.45) is 11.5. The molecule has 0 radical (unpaired) electrons. The van der Waals surface area contributed by atoms with Gasteiger partial charge in [-0.15, -0.1) is 17.0 Å². The van der Waals surface area contributed by atoms with Gasteiger partial charge in [0.2, 0.25) is 0 Å². The summed E-state index contributed by atoms with van der Waals surface area (Å²) in [5.74, 6) is 0. The van der Waals surface area contributed by atoms with Gasteiger partial charge in [-0.3, -0.25) is 0 Å². The lowest BCUT2D eigenvalue weighted by Gasteiger charge is -2.31. The molecule has 188 valence electrons. The van der Waals surface area contributed by atoms with E-state index in [1.165, 1.54) is 38.5 Å². The molecular weight excluding hydrogens is 578 g/mol. The smallest absolute Gasteiger partial charge is 0.135 e. The second-order valence-electron chi connectivity index (χ2n) is 8.43. The number of benzene rings is 2. The Kier molecular flexibility index (Phi) is 13.5. The van der Waals surface area contributed by atoms with Crippen molar-refractivity contribution in [3.63, 3.8) is 0 Å². The molecule has 1 heterocycles. The topological polar surface area (TPSA) is 15.7 Å². The first kappa shape index (κ1) is 29.6. The van der Waals surface area contributed by atoms with E-state index >= 15 is 0 Å². The Morgan fingerprint density at radius 2 is 1.56 bits per heavy atom. The highest BCUT2D eigenvalue weighted by molar-refractivity contribution is 8.93. The SMILES string of the molecule is Br.CCCCCCCCN1C=CN(C(Cl)C(OCc2ccc(Cl)cc2Cl)c2ccc(Cl)cc2)C1. The highest BCUT2D eigenvalue weighted by atomic mass is 79.9. The zero-order valence-electron chi connectivity index (χ0n) is 19.4. The van der Waals surface area contributed by atoms with Gasteiger partial charge in [0, 0.05) is 34.0 Å². The Balaban J connectivity index is 0.00000408. The number of unbranched alkanes of at least 4 members (excludes halogenated alkanes) is 5. The molecular formula is C26H33BrCl4N2O. The summed E-state index contributed by atoms with van der Waals surface area (Å²) in [4.78, 5) is 4.42. The van der Waals surface area contributed by atoms with Crippen LogP contribution in [-0.2, 0) is 11.3 Å². The van der Waals surface area contributed by atoms with Crippen LogP contribution in [0.3, 0.4) is 0 Å². The predicted molar refractivity (Wildman–Crippen MR) is 151 cm³/mol. The molecule has 0 saturated heterocycles. The Hall–Kier alpha value is -0.620. The molecule has 2 aromatic rings. The fourth-order valence-electron chi connectivity index (χ4n) is 3.86. The molecule has 2 unspecified atom stereocenters. The van der Waals surface area contributed by atoms with E-state index in [2.05, 4.69) is 29.1 Å².